The summed E-state index contributed by atoms with van der Waals surface area (Å²) in [5, 5.41) is 0. The SMILES string of the molecule is CC1=C2N(C=CC2(C)c2ccccc2)C(c2ccccc2)N1c1ccccc1C. The first-order chi connectivity index (χ1) is 14.1. The minimum absolute atomic E-state index is 0.120. The van der Waals surface area contributed by atoms with Crippen molar-refractivity contribution in [2.24, 2.45) is 0 Å². The van der Waals surface area contributed by atoms with Crippen molar-refractivity contribution < 1.29 is 0 Å². The number of benzene rings is 3. The van der Waals surface area contributed by atoms with Crippen LogP contribution in [-0.2, 0) is 5.41 Å². The first-order valence-electron chi connectivity index (χ1n) is 10.3. The van der Waals surface area contributed by atoms with Crippen LogP contribution in [0.5, 0.6) is 0 Å². The van der Waals surface area contributed by atoms with Crippen molar-refractivity contribution in [2.45, 2.75) is 32.4 Å². The van der Waals surface area contributed by atoms with E-state index in [9.17, 15) is 0 Å². The molecule has 0 radical (unpaired) electrons. The van der Waals surface area contributed by atoms with Gasteiger partial charge in [0.05, 0.1) is 11.1 Å². The summed E-state index contributed by atoms with van der Waals surface area (Å²) in [7, 11) is 0. The van der Waals surface area contributed by atoms with Gasteiger partial charge in [0.2, 0.25) is 0 Å². The predicted molar refractivity (Wildman–Crippen MR) is 120 cm³/mol. The quantitative estimate of drug-likeness (QED) is 0.511. The van der Waals surface area contributed by atoms with Crippen LogP contribution in [0, 0.1) is 6.92 Å². The minimum atomic E-state index is -0.143. The molecule has 0 fully saturated rings. The largest absolute Gasteiger partial charge is 0.324 e. The summed E-state index contributed by atoms with van der Waals surface area (Å²) in [5.74, 6) is 0. The van der Waals surface area contributed by atoms with Gasteiger partial charge in [0.1, 0.15) is 6.17 Å². The molecule has 3 aromatic carbocycles. The number of hydrogen-bond donors (Lipinski definition) is 0. The minimum Gasteiger partial charge on any atom is -0.324 e. The Bertz CT molecular complexity index is 1100. The second kappa shape index (κ2) is 6.66. The highest BCUT2D eigenvalue weighted by molar-refractivity contribution is 5.65. The average Bonchev–Trinajstić information content (AvgIpc) is 3.26. The molecule has 0 N–H and O–H groups in total. The topological polar surface area (TPSA) is 6.48 Å². The number of anilines is 1. The normalized spacial score (nSPS) is 23.1. The first-order valence-corrected chi connectivity index (χ1v) is 10.3. The highest BCUT2D eigenvalue weighted by atomic mass is 15.4. The van der Waals surface area contributed by atoms with Crippen LogP contribution < -0.4 is 4.90 Å². The van der Waals surface area contributed by atoms with Crippen molar-refractivity contribution in [3.05, 3.63) is 125 Å². The Morgan fingerprint density at radius 3 is 2.07 bits per heavy atom. The predicted octanol–water partition coefficient (Wildman–Crippen LogP) is 6.53. The molecule has 2 heteroatoms. The second-order valence-corrected chi connectivity index (χ2v) is 8.17. The van der Waals surface area contributed by atoms with Crippen LogP contribution in [0.4, 0.5) is 5.69 Å². The van der Waals surface area contributed by atoms with Gasteiger partial charge in [0, 0.05) is 17.6 Å². The molecule has 0 spiro atoms. The van der Waals surface area contributed by atoms with E-state index >= 15 is 0 Å². The molecule has 2 heterocycles. The second-order valence-electron chi connectivity index (χ2n) is 8.17. The molecule has 0 aromatic heterocycles. The maximum atomic E-state index is 2.50. The average molecular weight is 379 g/mol. The third kappa shape index (κ3) is 2.63. The zero-order valence-corrected chi connectivity index (χ0v) is 17.2. The standard InChI is InChI=1S/C27H26N2/c1-20-12-10-11-17-24(20)29-21(2)25-27(3,23-15-8-5-9-16-23)18-19-28(25)26(29)22-13-6-4-7-14-22/h4-19,26H,1-3H3. The number of hydrogen-bond acceptors (Lipinski definition) is 2. The third-order valence-electron chi connectivity index (χ3n) is 6.38. The van der Waals surface area contributed by atoms with E-state index in [2.05, 4.69) is 128 Å². The fraction of sp³-hybridized carbons (Fsp3) is 0.185. The summed E-state index contributed by atoms with van der Waals surface area (Å²) in [6.07, 6.45) is 4.75. The number of fused-ring (bicyclic) bond motifs is 1. The van der Waals surface area contributed by atoms with Crippen LogP contribution >= 0.6 is 0 Å². The number of aryl methyl sites for hydroxylation is 1. The Morgan fingerprint density at radius 1 is 0.759 bits per heavy atom. The maximum Gasteiger partial charge on any atom is 0.136 e. The number of nitrogens with zero attached hydrogens (tertiary/aromatic N) is 2. The van der Waals surface area contributed by atoms with E-state index in [1.54, 1.807) is 0 Å². The molecule has 0 saturated carbocycles. The summed E-state index contributed by atoms with van der Waals surface area (Å²) in [5.41, 5.74) is 7.71. The molecule has 2 aliphatic rings. The summed E-state index contributed by atoms with van der Waals surface area (Å²) in [6.45, 7) is 6.80. The summed E-state index contributed by atoms with van der Waals surface area (Å²) < 4.78 is 0. The molecule has 3 aromatic rings. The molecular formula is C27H26N2. The van der Waals surface area contributed by atoms with Crippen molar-refractivity contribution in [1.82, 2.24) is 4.90 Å². The van der Waals surface area contributed by atoms with Crippen LogP contribution in [0.2, 0.25) is 0 Å². The van der Waals surface area contributed by atoms with Gasteiger partial charge >= 0.3 is 0 Å². The molecule has 144 valence electrons. The van der Waals surface area contributed by atoms with E-state index in [0.29, 0.717) is 0 Å². The lowest BCUT2D eigenvalue weighted by Gasteiger charge is -2.33. The van der Waals surface area contributed by atoms with Crippen LogP contribution in [0.1, 0.15) is 36.7 Å². The van der Waals surface area contributed by atoms with Gasteiger partial charge in [-0.2, -0.15) is 0 Å². The van der Waals surface area contributed by atoms with E-state index < -0.39 is 0 Å². The Morgan fingerprint density at radius 2 is 1.38 bits per heavy atom. The van der Waals surface area contributed by atoms with Crippen LogP contribution in [0.25, 0.3) is 0 Å². The van der Waals surface area contributed by atoms with E-state index in [1.165, 1.54) is 33.8 Å². The number of allylic oxidation sites excluding steroid dienone is 2. The summed E-state index contributed by atoms with van der Waals surface area (Å²) in [6, 6.07) is 30.3. The number of rotatable bonds is 3. The van der Waals surface area contributed by atoms with Crippen molar-refractivity contribution >= 4 is 5.69 Å². The lowest BCUT2D eigenvalue weighted by Crippen LogP contribution is -2.30. The molecule has 2 aliphatic heterocycles. The van der Waals surface area contributed by atoms with E-state index in [1.807, 2.05) is 0 Å². The molecule has 0 bridgehead atoms. The highest BCUT2D eigenvalue weighted by Crippen LogP contribution is 2.53. The molecule has 0 aliphatic carbocycles. The van der Waals surface area contributed by atoms with Gasteiger partial charge in [0.25, 0.3) is 0 Å². The van der Waals surface area contributed by atoms with Crippen molar-refractivity contribution in [3.63, 3.8) is 0 Å². The van der Waals surface area contributed by atoms with Gasteiger partial charge in [-0.05, 0) is 43.5 Å². The fourth-order valence-electron chi connectivity index (χ4n) is 4.94. The van der Waals surface area contributed by atoms with Gasteiger partial charge in [-0.1, -0.05) is 84.9 Å². The zero-order chi connectivity index (χ0) is 20.0. The zero-order valence-electron chi connectivity index (χ0n) is 17.2. The molecule has 5 rings (SSSR count). The molecule has 2 unspecified atom stereocenters. The Kier molecular flexibility index (Phi) is 4.09. The van der Waals surface area contributed by atoms with Crippen molar-refractivity contribution in [1.29, 1.82) is 0 Å². The summed E-state index contributed by atoms with van der Waals surface area (Å²) >= 11 is 0. The molecule has 2 atom stereocenters. The first kappa shape index (κ1) is 17.8. The fourth-order valence-corrected chi connectivity index (χ4v) is 4.94. The van der Waals surface area contributed by atoms with Gasteiger partial charge < -0.3 is 9.80 Å². The maximum absolute atomic E-state index is 2.50. The van der Waals surface area contributed by atoms with Crippen molar-refractivity contribution in [3.8, 4) is 0 Å². The van der Waals surface area contributed by atoms with Gasteiger partial charge in [0.15, 0.2) is 0 Å². The van der Waals surface area contributed by atoms with E-state index in [4.69, 9.17) is 0 Å². The smallest absolute Gasteiger partial charge is 0.136 e. The van der Waals surface area contributed by atoms with Crippen LogP contribution in [0.3, 0.4) is 0 Å². The number of para-hydroxylation sites is 1. The van der Waals surface area contributed by atoms with E-state index in [0.717, 1.165) is 0 Å². The van der Waals surface area contributed by atoms with E-state index in [-0.39, 0.29) is 11.6 Å². The lowest BCUT2D eigenvalue weighted by atomic mass is 9.80. The monoisotopic (exact) mass is 378 g/mol. The van der Waals surface area contributed by atoms with Gasteiger partial charge in [-0.3, -0.25) is 0 Å². The van der Waals surface area contributed by atoms with Crippen LogP contribution in [-0.4, -0.2) is 4.90 Å². The Labute approximate surface area is 173 Å². The Hall–Kier alpha value is -3.26. The van der Waals surface area contributed by atoms with Crippen molar-refractivity contribution in [2.75, 3.05) is 4.90 Å². The van der Waals surface area contributed by atoms with Gasteiger partial charge in [-0.15, -0.1) is 0 Å². The van der Waals surface area contributed by atoms with Crippen LogP contribution in [0.15, 0.2) is 109 Å². The lowest BCUT2D eigenvalue weighted by molar-refractivity contribution is 0.371. The summed E-state index contributed by atoms with van der Waals surface area (Å²) in [4.78, 5) is 4.97. The molecule has 2 nitrogen and oxygen atoms in total. The molecule has 0 saturated heterocycles. The molecule has 0 amide bonds. The highest BCUT2D eigenvalue weighted by Gasteiger charge is 2.48. The Balaban J connectivity index is 1.72. The molecular weight excluding hydrogens is 352 g/mol. The van der Waals surface area contributed by atoms with Gasteiger partial charge in [-0.25, -0.2) is 0 Å². The third-order valence-corrected chi connectivity index (χ3v) is 6.38. The molecule has 29 heavy (non-hydrogen) atoms.